The van der Waals surface area contributed by atoms with Crippen molar-refractivity contribution in [3.63, 3.8) is 0 Å². The van der Waals surface area contributed by atoms with Crippen LogP contribution in [0.1, 0.15) is 56.3 Å². The summed E-state index contributed by atoms with van der Waals surface area (Å²) in [4.78, 5) is 33.4. The molecule has 1 amide bonds. The molecule has 0 aliphatic heterocycles. The number of hydrogen-bond acceptors (Lipinski definition) is 4. The van der Waals surface area contributed by atoms with Crippen molar-refractivity contribution in [2.75, 3.05) is 13.7 Å². The first kappa shape index (κ1) is 22.5. The second-order valence-corrected chi connectivity index (χ2v) is 8.20. The smallest absolute Gasteiger partial charge is 0.261 e. The highest BCUT2D eigenvalue weighted by molar-refractivity contribution is 5.95. The first-order valence-electron chi connectivity index (χ1n) is 10.8. The van der Waals surface area contributed by atoms with E-state index in [0.29, 0.717) is 41.1 Å². The van der Waals surface area contributed by atoms with Gasteiger partial charge in [0.05, 0.1) is 24.1 Å². The van der Waals surface area contributed by atoms with E-state index in [1.165, 1.54) is 0 Å². The van der Waals surface area contributed by atoms with Crippen LogP contribution in [0.4, 0.5) is 0 Å². The molecule has 0 saturated heterocycles. The van der Waals surface area contributed by atoms with Crippen LogP contribution < -0.4 is 10.3 Å². The third-order valence-electron chi connectivity index (χ3n) is 5.32. The molecule has 3 rings (SSSR count). The molecule has 31 heavy (non-hydrogen) atoms. The maximum Gasteiger partial charge on any atom is 0.261 e. The Morgan fingerprint density at radius 3 is 2.55 bits per heavy atom. The summed E-state index contributed by atoms with van der Waals surface area (Å²) in [5.41, 5.74) is 1.14. The SMILES string of the molecule is CCCn1c(C(C)N(CC(C)C)C(=O)c2cccc(OC)c2)nc2ccccc2c1=O. The summed E-state index contributed by atoms with van der Waals surface area (Å²) in [5, 5.41) is 0.599. The molecule has 0 aliphatic carbocycles. The number of benzene rings is 2. The molecule has 3 aromatic rings. The van der Waals surface area contributed by atoms with Gasteiger partial charge in [0.1, 0.15) is 11.6 Å². The molecule has 6 heteroatoms. The van der Waals surface area contributed by atoms with Gasteiger partial charge in [-0.1, -0.05) is 39.0 Å². The van der Waals surface area contributed by atoms with Gasteiger partial charge in [-0.2, -0.15) is 0 Å². The average Bonchev–Trinajstić information content (AvgIpc) is 2.78. The number of carbonyl (C=O) groups is 1. The topological polar surface area (TPSA) is 64.4 Å². The second-order valence-electron chi connectivity index (χ2n) is 8.20. The van der Waals surface area contributed by atoms with Crippen LogP contribution in [0.15, 0.2) is 53.3 Å². The van der Waals surface area contributed by atoms with Gasteiger partial charge in [0.2, 0.25) is 0 Å². The molecular formula is C25H31N3O3. The molecule has 0 aliphatic rings. The van der Waals surface area contributed by atoms with Crippen LogP contribution in [0.25, 0.3) is 10.9 Å². The molecule has 1 atom stereocenters. The number of nitrogens with zero attached hydrogens (tertiary/aromatic N) is 3. The molecule has 1 aromatic heterocycles. The number of ether oxygens (including phenoxy) is 1. The van der Waals surface area contributed by atoms with E-state index in [0.717, 1.165) is 6.42 Å². The molecular weight excluding hydrogens is 390 g/mol. The van der Waals surface area contributed by atoms with E-state index in [1.807, 2.05) is 49.1 Å². The van der Waals surface area contributed by atoms with Crippen LogP contribution in [0.5, 0.6) is 5.75 Å². The fraction of sp³-hybridized carbons (Fsp3) is 0.400. The lowest BCUT2D eigenvalue weighted by Crippen LogP contribution is -2.39. The zero-order valence-electron chi connectivity index (χ0n) is 19.0. The monoisotopic (exact) mass is 421 g/mol. The van der Waals surface area contributed by atoms with Gasteiger partial charge in [0, 0.05) is 18.7 Å². The minimum atomic E-state index is -0.370. The Morgan fingerprint density at radius 1 is 1.13 bits per heavy atom. The number of rotatable bonds is 8. The Bertz CT molecular complexity index is 1120. The number of hydrogen-bond donors (Lipinski definition) is 0. The second kappa shape index (κ2) is 9.77. The lowest BCUT2D eigenvalue weighted by molar-refractivity contribution is 0.0652. The summed E-state index contributed by atoms with van der Waals surface area (Å²) in [7, 11) is 1.58. The molecule has 0 fully saturated rings. The molecule has 0 N–H and O–H groups in total. The molecule has 0 spiro atoms. The molecule has 2 aromatic carbocycles. The normalized spacial score (nSPS) is 12.2. The van der Waals surface area contributed by atoms with Crippen LogP contribution in [0, 0.1) is 5.92 Å². The summed E-state index contributed by atoms with van der Waals surface area (Å²) in [5.74, 6) is 1.39. The Labute approximate surface area is 183 Å². The molecule has 0 radical (unpaired) electrons. The van der Waals surface area contributed by atoms with Crippen LogP contribution in [0.3, 0.4) is 0 Å². The number of aromatic nitrogens is 2. The highest BCUT2D eigenvalue weighted by atomic mass is 16.5. The van der Waals surface area contributed by atoms with Crippen molar-refractivity contribution in [2.24, 2.45) is 5.92 Å². The molecule has 0 saturated carbocycles. The zero-order valence-corrected chi connectivity index (χ0v) is 19.0. The quantitative estimate of drug-likeness (QED) is 0.530. The Morgan fingerprint density at radius 2 is 1.87 bits per heavy atom. The summed E-state index contributed by atoms with van der Waals surface area (Å²) in [6.45, 7) is 9.23. The molecule has 1 heterocycles. The van der Waals surface area contributed by atoms with Crippen molar-refractivity contribution in [1.82, 2.24) is 14.5 Å². The average molecular weight is 422 g/mol. The third-order valence-corrected chi connectivity index (χ3v) is 5.32. The van der Waals surface area contributed by atoms with E-state index >= 15 is 0 Å². The summed E-state index contributed by atoms with van der Waals surface area (Å²) < 4.78 is 7.02. The fourth-order valence-electron chi connectivity index (χ4n) is 3.82. The van der Waals surface area contributed by atoms with E-state index in [9.17, 15) is 9.59 Å². The number of fused-ring (bicyclic) bond motifs is 1. The van der Waals surface area contributed by atoms with Gasteiger partial charge in [-0.25, -0.2) is 4.98 Å². The van der Waals surface area contributed by atoms with Gasteiger partial charge >= 0.3 is 0 Å². The van der Waals surface area contributed by atoms with Crippen molar-refractivity contribution in [3.05, 3.63) is 70.3 Å². The van der Waals surface area contributed by atoms with Crippen molar-refractivity contribution < 1.29 is 9.53 Å². The lowest BCUT2D eigenvalue weighted by Gasteiger charge is -2.32. The van der Waals surface area contributed by atoms with Gasteiger partial charge in [-0.05, 0) is 49.6 Å². The zero-order chi connectivity index (χ0) is 22.5. The summed E-state index contributed by atoms with van der Waals surface area (Å²) in [6.07, 6.45) is 0.799. The van der Waals surface area contributed by atoms with Crippen LogP contribution >= 0.6 is 0 Å². The standard InChI is InChI=1S/C25H31N3O3/c1-6-14-27-23(26-22-13-8-7-12-21(22)25(27)30)18(4)28(16-17(2)3)24(29)19-10-9-11-20(15-19)31-5/h7-13,15,17-18H,6,14,16H2,1-5H3. The molecule has 0 bridgehead atoms. The predicted octanol–water partition coefficient (Wildman–Crippen LogP) is 4.67. The van der Waals surface area contributed by atoms with Crippen LogP contribution in [0.2, 0.25) is 0 Å². The van der Waals surface area contributed by atoms with Crippen molar-refractivity contribution in [3.8, 4) is 5.75 Å². The summed E-state index contributed by atoms with van der Waals surface area (Å²) >= 11 is 0. The van der Waals surface area contributed by atoms with Crippen LogP contribution in [-0.2, 0) is 6.54 Å². The van der Waals surface area contributed by atoms with Gasteiger partial charge in [0.15, 0.2) is 0 Å². The summed E-state index contributed by atoms with van der Waals surface area (Å²) in [6, 6.07) is 14.2. The van der Waals surface area contributed by atoms with E-state index in [4.69, 9.17) is 9.72 Å². The fourth-order valence-corrected chi connectivity index (χ4v) is 3.82. The maximum absolute atomic E-state index is 13.5. The van der Waals surface area contributed by atoms with Gasteiger partial charge in [0.25, 0.3) is 11.5 Å². The van der Waals surface area contributed by atoms with E-state index in [-0.39, 0.29) is 23.4 Å². The first-order chi connectivity index (χ1) is 14.9. The van der Waals surface area contributed by atoms with Crippen molar-refractivity contribution >= 4 is 16.8 Å². The van der Waals surface area contributed by atoms with Crippen LogP contribution in [-0.4, -0.2) is 34.0 Å². The van der Waals surface area contributed by atoms with E-state index in [2.05, 4.69) is 13.8 Å². The molecule has 1 unspecified atom stereocenters. The first-order valence-corrected chi connectivity index (χ1v) is 10.8. The van der Waals surface area contributed by atoms with E-state index < -0.39 is 0 Å². The highest BCUT2D eigenvalue weighted by Crippen LogP contribution is 2.25. The Kier molecular flexibility index (Phi) is 7.10. The molecule has 164 valence electrons. The van der Waals surface area contributed by atoms with Gasteiger partial charge in [-0.15, -0.1) is 0 Å². The largest absolute Gasteiger partial charge is 0.497 e. The number of carbonyl (C=O) groups excluding carboxylic acids is 1. The third kappa shape index (κ3) is 4.79. The minimum absolute atomic E-state index is 0.0624. The number of amides is 1. The Hall–Kier alpha value is -3.15. The minimum Gasteiger partial charge on any atom is -0.497 e. The highest BCUT2D eigenvalue weighted by Gasteiger charge is 2.27. The van der Waals surface area contributed by atoms with Gasteiger partial charge in [-0.3, -0.25) is 14.2 Å². The lowest BCUT2D eigenvalue weighted by atomic mass is 10.1. The number of methoxy groups -OCH3 is 1. The van der Waals surface area contributed by atoms with Crippen molar-refractivity contribution in [1.29, 1.82) is 0 Å². The molecule has 6 nitrogen and oxygen atoms in total. The van der Waals surface area contributed by atoms with Crippen molar-refractivity contribution in [2.45, 2.75) is 46.7 Å². The Balaban J connectivity index is 2.12. The van der Waals surface area contributed by atoms with E-state index in [1.54, 1.807) is 29.9 Å². The van der Waals surface area contributed by atoms with Gasteiger partial charge < -0.3 is 9.64 Å². The number of para-hydroxylation sites is 1. The predicted molar refractivity (Wildman–Crippen MR) is 124 cm³/mol. The maximum atomic E-state index is 13.5.